The highest BCUT2D eigenvalue weighted by Crippen LogP contribution is 2.20. The quantitative estimate of drug-likeness (QED) is 0.641. The van der Waals surface area contributed by atoms with Gasteiger partial charge in [-0.15, -0.1) is 0 Å². The summed E-state index contributed by atoms with van der Waals surface area (Å²) in [6.45, 7) is 6.16. The minimum absolute atomic E-state index is 0.0516. The van der Waals surface area contributed by atoms with Gasteiger partial charge >= 0.3 is 5.97 Å². The second kappa shape index (κ2) is 3.78. The number of esters is 1. The summed E-state index contributed by atoms with van der Waals surface area (Å²) in [5, 5.41) is 0. The Kier molecular flexibility index (Phi) is 2.89. The van der Waals surface area contributed by atoms with Gasteiger partial charge in [0.1, 0.15) is 0 Å². The number of ether oxygens (including phenoxy) is 1. The molecule has 1 aromatic heterocycles. The van der Waals surface area contributed by atoms with E-state index in [1.54, 1.807) is 18.3 Å². The van der Waals surface area contributed by atoms with Gasteiger partial charge in [0.25, 0.3) is 0 Å². The third-order valence-corrected chi connectivity index (χ3v) is 1.95. The molecule has 0 aliphatic heterocycles. The lowest BCUT2D eigenvalue weighted by molar-refractivity contribution is 0.0600. The Morgan fingerprint density at radius 1 is 1.43 bits per heavy atom. The first kappa shape index (κ1) is 10.7. The standard InChI is InChI=1S/C11H15NO2/c1-11(2,3)9-7-8(5-6-12-9)10(13)14-4/h5-7H,1-4H3. The van der Waals surface area contributed by atoms with Gasteiger partial charge in [0, 0.05) is 17.3 Å². The van der Waals surface area contributed by atoms with Crippen LogP contribution in [0.4, 0.5) is 0 Å². The molecule has 0 aliphatic rings. The summed E-state index contributed by atoms with van der Waals surface area (Å²) in [6, 6.07) is 3.42. The van der Waals surface area contributed by atoms with Crippen LogP contribution in [-0.2, 0) is 10.2 Å². The van der Waals surface area contributed by atoms with Crippen molar-refractivity contribution in [1.29, 1.82) is 0 Å². The van der Waals surface area contributed by atoms with E-state index < -0.39 is 0 Å². The number of methoxy groups -OCH3 is 1. The molecule has 0 radical (unpaired) electrons. The molecular weight excluding hydrogens is 178 g/mol. The molecule has 0 bridgehead atoms. The van der Waals surface area contributed by atoms with Crippen molar-refractivity contribution in [3.05, 3.63) is 29.6 Å². The van der Waals surface area contributed by atoms with Crippen LogP contribution in [0, 0.1) is 0 Å². The topological polar surface area (TPSA) is 39.2 Å². The third kappa shape index (κ3) is 2.31. The van der Waals surface area contributed by atoms with E-state index in [0.29, 0.717) is 5.56 Å². The average molecular weight is 193 g/mol. The smallest absolute Gasteiger partial charge is 0.337 e. The van der Waals surface area contributed by atoms with E-state index in [2.05, 4.69) is 30.5 Å². The maximum Gasteiger partial charge on any atom is 0.337 e. The highest BCUT2D eigenvalue weighted by atomic mass is 16.5. The zero-order valence-electron chi connectivity index (χ0n) is 9.00. The number of rotatable bonds is 1. The van der Waals surface area contributed by atoms with Crippen molar-refractivity contribution in [2.24, 2.45) is 0 Å². The van der Waals surface area contributed by atoms with E-state index in [0.717, 1.165) is 5.69 Å². The van der Waals surface area contributed by atoms with Gasteiger partial charge in [0.2, 0.25) is 0 Å². The van der Waals surface area contributed by atoms with Crippen LogP contribution in [0.3, 0.4) is 0 Å². The van der Waals surface area contributed by atoms with Crippen molar-refractivity contribution < 1.29 is 9.53 Å². The van der Waals surface area contributed by atoms with Gasteiger partial charge < -0.3 is 4.74 Å². The monoisotopic (exact) mass is 193 g/mol. The molecule has 1 aromatic rings. The van der Waals surface area contributed by atoms with Crippen LogP contribution in [0.2, 0.25) is 0 Å². The highest BCUT2D eigenvalue weighted by molar-refractivity contribution is 5.89. The second-order valence-electron chi connectivity index (χ2n) is 4.17. The number of carbonyl (C=O) groups is 1. The first-order valence-electron chi connectivity index (χ1n) is 4.50. The van der Waals surface area contributed by atoms with E-state index in [4.69, 9.17) is 0 Å². The van der Waals surface area contributed by atoms with Crippen molar-refractivity contribution >= 4 is 5.97 Å². The van der Waals surface area contributed by atoms with Crippen LogP contribution in [0.25, 0.3) is 0 Å². The number of carbonyl (C=O) groups excluding carboxylic acids is 1. The maximum atomic E-state index is 11.2. The first-order valence-corrected chi connectivity index (χ1v) is 4.50. The molecule has 1 heterocycles. The molecule has 0 amide bonds. The summed E-state index contributed by atoms with van der Waals surface area (Å²) < 4.78 is 4.64. The van der Waals surface area contributed by atoms with Crippen LogP contribution in [-0.4, -0.2) is 18.1 Å². The largest absolute Gasteiger partial charge is 0.465 e. The fourth-order valence-electron chi connectivity index (χ4n) is 1.09. The lowest BCUT2D eigenvalue weighted by Crippen LogP contribution is -2.14. The molecule has 3 nitrogen and oxygen atoms in total. The Balaban J connectivity index is 3.08. The summed E-state index contributed by atoms with van der Waals surface area (Å²) >= 11 is 0. The predicted octanol–water partition coefficient (Wildman–Crippen LogP) is 2.17. The summed E-state index contributed by atoms with van der Waals surface area (Å²) in [7, 11) is 1.37. The number of pyridine rings is 1. The van der Waals surface area contributed by atoms with Gasteiger partial charge in [-0.05, 0) is 12.1 Å². The lowest BCUT2D eigenvalue weighted by atomic mass is 9.91. The van der Waals surface area contributed by atoms with Gasteiger partial charge in [0.05, 0.1) is 12.7 Å². The zero-order chi connectivity index (χ0) is 10.8. The summed E-state index contributed by atoms with van der Waals surface area (Å²) in [4.78, 5) is 15.5. The van der Waals surface area contributed by atoms with Gasteiger partial charge in [-0.1, -0.05) is 20.8 Å². The Hall–Kier alpha value is -1.38. The van der Waals surface area contributed by atoms with Crippen molar-refractivity contribution in [2.45, 2.75) is 26.2 Å². The molecule has 0 aliphatic carbocycles. The van der Waals surface area contributed by atoms with Gasteiger partial charge in [-0.3, -0.25) is 4.98 Å². The molecule has 0 unspecified atom stereocenters. The highest BCUT2D eigenvalue weighted by Gasteiger charge is 2.17. The first-order chi connectivity index (χ1) is 6.45. The molecule has 0 fully saturated rings. The van der Waals surface area contributed by atoms with Crippen molar-refractivity contribution in [3.8, 4) is 0 Å². The summed E-state index contributed by atoms with van der Waals surface area (Å²) in [5.74, 6) is -0.321. The van der Waals surface area contributed by atoms with Gasteiger partial charge in [0.15, 0.2) is 0 Å². The predicted molar refractivity (Wildman–Crippen MR) is 54.3 cm³/mol. The molecule has 0 saturated carbocycles. The second-order valence-corrected chi connectivity index (χ2v) is 4.17. The Bertz CT molecular complexity index is 339. The van der Waals surface area contributed by atoms with Crippen LogP contribution < -0.4 is 0 Å². The van der Waals surface area contributed by atoms with Crippen LogP contribution in [0.5, 0.6) is 0 Å². The fraction of sp³-hybridized carbons (Fsp3) is 0.455. The molecular formula is C11H15NO2. The molecule has 0 atom stereocenters. The Morgan fingerprint density at radius 3 is 2.57 bits per heavy atom. The van der Waals surface area contributed by atoms with Gasteiger partial charge in [-0.25, -0.2) is 4.79 Å². The number of nitrogens with zero attached hydrogens (tertiary/aromatic N) is 1. The number of hydrogen-bond donors (Lipinski definition) is 0. The molecule has 14 heavy (non-hydrogen) atoms. The van der Waals surface area contributed by atoms with Crippen LogP contribution >= 0.6 is 0 Å². The third-order valence-electron chi connectivity index (χ3n) is 1.95. The van der Waals surface area contributed by atoms with Crippen LogP contribution in [0.1, 0.15) is 36.8 Å². The normalized spacial score (nSPS) is 11.1. The SMILES string of the molecule is COC(=O)c1ccnc(C(C)(C)C)c1. The molecule has 0 N–H and O–H groups in total. The number of hydrogen-bond acceptors (Lipinski definition) is 3. The van der Waals surface area contributed by atoms with E-state index in [9.17, 15) is 4.79 Å². The molecule has 76 valence electrons. The van der Waals surface area contributed by atoms with Crippen molar-refractivity contribution in [3.63, 3.8) is 0 Å². The van der Waals surface area contributed by atoms with E-state index >= 15 is 0 Å². The Morgan fingerprint density at radius 2 is 2.07 bits per heavy atom. The van der Waals surface area contributed by atoms with Crippen LogP contribution in [0.15, 0.2) is 18.3 Å². The van der Waals surface area contributed by atoms with Crippen molar-refractivity contribution in [1.82, 2.24) is 4.98 Å². The van der Waals surface area contributed by atoms with E-state index in [1.807, 2.05) is 0 Å². The van der Waals surface area contributed by atoms with E-state index in [1.165, 1.54) is 7.11 Å². The Labute approximate surface area is 84.1 Å². The molecule has 3 heteroatoms. The number of aromatic nitrogens is 1. The lowest BCUT2D eigenvalue weighted by Gasteiger charge is -2.17. The minimum Gasteiger partial charge on any atom is -0.465 e. The summed E-state index contributed by atoms with van der Waals surface area (Å²) in [5.41, 5.74) is 1.39. The molecule has 0 aromatic carbocycles. The van der Waals surface area contributed by atoms with Gasteiger partial charge in [-0.2, -0.15) is 0 Å². The molecule has 1 rings (SSSR count). The maximum absolute atomic E-state index is 11.2. The average Bonchev–Trinajstić information content (AvgIpc) is 2.15. The fourth-order valence-corrected chi connectivity index (χ4v) is 1.09. The summed E-state index contributed by atoms with van der Waals surface area (Å²) in [6.07, 6.45) is 1.63. The van der Waals surface area contributed by atoms with Crippen molar-refractivity contribution in [2.75, 3.05) is 7.11 Å². The molecule has 0 spiro atoms. The zero-order valence-corrected chi connectivity index (χ0v) is 9.00. The van der Waals surface area contributed by atoms with E-state index in [-0.39, 0.29) is 11.4 Å². The molecule has 0 saturated heterocycles. The minimum atomic E-state index is -0.321.